The molecule has 0 aliphatic rings. The zero-order valence-corrected chi connectivity index (χ0v) is 12.2. The van der Waals surface area contributed by atoms with Gasteiger partial charge in [0.05, 0.1) is 18.8 Å². The molecule has 0 amide bonds. The van der Waals surface area contributed by atoms with Crippen LogP contribution in [0.25, 0.3) is 0 Å². The minimum absolute atomic E-state index is 0.781. The molecular weight excluding hydrogens is 234 g/mol. The molecular formula is C13H20ClNSi. The smallest absolute Gasteiger partial charge is 0.0687 e. The molecule has 0 fully saturated rings. The van der Waals surface area contributed by atoms with E-state index in [1.165, 1.54) is 5.57 Å². The molecule has 88 valence electrons. The van der Waals surface area contributed by atoms with E-state index in [9.17, 15) is 0 Å². The minimum atomic E-state index is -1.11. The summed E-state index contributed by atoms with van der Waals surface area (Å²) in [4.78, 5) is 0. The molecule has 3 heteroatoms. The van der Waals surface area contributed by atoms with E-state index in [2.05, 4.69) is 37.6 Å². The first-order valence-electron chi connectivity index (χ1n) is 5.55. The zero-order chi connectivity index (χ0) is 12.2. The van der Waals surface area contributed by atoms with Crippen molar-refractivity contribution in [3.63, 3.8) is 0 Å². The van der Waals surface area contributed by atoms with Crippen LogP contribution in [0.1, 0.15) is 6.92 Å². The van der Waals surface area contributed by atoms with E-state index in [1.807, 2.05) is 24.3 Å². The fourth-order valence-corrected chi connectivity index (χ4v) is 3.41. The van der Waals surface area contributed by atoms with Crippen LogP contribution in [0.2, 0.25) is 24.7 Å². The van der Waals surface area contributed by atoms with E-state index in [0.717, 1.165) is 17.3 Å². The Labute approximate surface area is 105 Å². The fourth-order valence-electron chi connectivity index (χ4n) is 1.63. The second-order valence-electron chi connectivity index (χ2n) is 5.19. The second-order valence-corrected chi connectivity index (χ2v) is 10.6. The van der Waals surface area contributed by atoms with Crippen LogP contribution in [0.5, 0.6) is 0 Å². The number of anilines is 1. The monoisotopic (exact) mass is 253 g/mol. The summed E-state index contributed by atoms with van der Waals surface area (Å²) in [5.74, 6) is 0. The summed E-state index contributed by atoms with van der Waals surface area (Å²) in [6.45, 7) is 10.1. The average Bonchev–Trinajstić information content (AvgIpc) is 2.14. The van der Waals surface area contributed by atoms with Gasteiger partial charge in [-0.2, -0.15) is 0 Å². The summed E-state index contributed by atoms with van der Waals surface area (Å²) >= 11 is 6.07. The Morgan fingerprint density at radius 1 is 1.31 bits per heavy atom. The SMILES string of the molecule is C/C(=C\[Si](C)(C)C)CNc1ccccc1Cl. The highest BCUT2D eigenvalue weighted by Gasteiger charge is 2.08. The molecule has 16 heavy (non-hydrogen) atoms. The molecule has 0 bridgehead atoms. The first-order chi connectivity index (χ1) is 7.38. The molecule has 0 radical (unpaired) electrons. The van der Waals surface area contributed by atoms with Gasteiger partial charge >= 0.3 is 0 Å². The molecule has 1 aromatic rings. The molecule has 1 rings (SSSR count). The summed E-state index contributed by atoms with van der Waals surface area (Å²) in [6.07, 6.45) is 0. The Bertz CT molecular complexity index is 380. The number of halogens is 1. The lowest BCUT2D eigenvalue weighted by atomic mass is 10.3. The third-order valence-corrected chi connectivity index (χ3v) is 3.80. The van der Waals surface area contributed by atoms with E-state index in [4.69, 9.17) is 11.6 Å². The van der Waals surface area contributed by atoms with E-state index >= 15 is 0 Å². The third kappa shape index (κ3) is 4.86. The lowest BCUT2D eigenvalue weighted by Gasteiger charge is -2.13. The maximum absolute atomic E-state index is 6.07. The van der Waals surface area contributed by atoms with Crippen molar-refractivity contribution in [2.45, 2.75) is 26.6 Å². The Balaban J connectivity index is 2.59. The van der Waals surface area contributed by atoms with Gasteiger partial charge in [-0.25, -0.2) is 0 Å². The van der Waals surface area contributed by atoms with Crippen LogP contribution in [0.4, 0.5) is 5.69 Å². The predicted octanol–water partition coefficient (Wildman–Crippen LogP) is 4.58. The van der Waals surface area contributed by atoms with Gasteiger partial charge < -0.3 is 5.32 Å². The molecule has 0 spiro atoms. The van der Waals surface area contributed by atoms with Crippen LogP contribution < -0.4 is 5.32 Å². The number of para-hydroxylation sites is 1. The summed E-state index contributed by atoms with van der Waals surface area (Å²) in [6, 6.07) is 7.84. The molecule has 0 atom stereocenters. The van der Waals surface area contributed by atoms with Crippen molar-refractivity contribution in [3.8, 4) is 0 Å². The molecule has 0 aliphatic heterocycles. The highest BCUT2D eigenvalue weighted by atomic mass is 35.5. The standard InChI is InChI=1S/C13H20ClNSi/c1-11(10-16(2,3)4)9-15-13-8-6-5-7-12(13)14/h5-8,10,15H,9H2,1-4H3/b11-10+. The van der Waals surface area contributed by atoms with Gasteiger partial charge in [0, 0.05) is 6.54 Å². The lowest BCUT2D eigenvalue weighted by Crippen LogP contribution is -2.18. The number of hydrogen-bond donors (Lipinski definition) is 1. The van der Waals surface area contributed by atoms with Crippen LogP contribution in [-0.4, -0.2) is 14.6 Å². The highest BCUT2D eigenvalue weighted by Crippen LogP contribution is 2.20. The summed E-state index contributed by atoms with van der Waals surface area (Å²) in [5, 5.41) is 4.14. The van der Waals surface area contributed by atoms with E-state index in [1.54, 1.807) is 0 Å². The van der Waals surface area contributed by atoms with Gasteiger partial charge in [-0.1, -0.05) is 54.6 Å². The Kier molecular flexibility index (Phi) is 4.63. The normalized spacial score (nSPS) is 12.7. The van der Waals surface area contributed by atoms with Gasteiger partial charge in [0.15, 0.2) is 0 Å². The van der Waals surface area contributed by atoms with E-state index in [-0.39, 0.29) is 0 Å². The molecule has 0 saturated carbocycles. The molecule has 1 nitrogen and oxygen atoms in total. The number of rotatable bonds is 4. The maximum Gasteiger partial charge on any atom is 0.0687 e. The van der Waals surface area contributed by atoms with Crippen LogP contribution >= 0.6 is 11.6 Å². The molecule has 0 heterocycles. The van der Waals surface area contributed by atoms with Gasteiger partial charge in [0.2, 0.25) is 0 Å². The number of hydrogen-bond acceptors (Lipinski definition) is 1. The van der Waals surface area contributed by atoms with Crippen molar-refractivity contribution < 1.29 is 0 Å². The molecule has 0 unspecified atom stereocenters. The first-order valence-corrected chi connectivity index (χ1v) is 9.51. The third-order valence-electron chi connectivity index (χ3n) is 2.11. The van der Waals surface area contributed by atoms with Crippen molar-refractivity contribution in [3.05, 3.63) is 40.6 Å². The Morgan fingerprint density at radius 2 is 1.94 bits per heavy atom. The number of benzene rings is 1. The van der Waals surface area contributed by atoms with E-state index < -0.39 is 8.07 Å². The summed E-state index contributed by atoms with van der Waals surface area (Å²) < 4.78 is 0. The fraction of sp³-hybridized carbons (Fsp3) is 0.385. The van der Waals surface area contributed by atoms with Gasteiger partial charge in [0.25, 0.3) is 0 Å². The second kappa shape index (κ2) is 5.55. The van der Waals surface area contributed by atoms with E-state index in [0.29, 0.717) is 0 Å². The van der Waals surface area contributed by atoms with Gasteiger partial charge in [-0.15, -0.1) is 0 Å². The van der Waals surface area contributed by atoms with Crippen LogP contribution in [0.3, 0.4) is 0 Å². The van der Waals surface area contributed by atoms with Crippen molar-refractivity contribution in [2.75, 3.05) is 11.9 Å². The Hall–Kier alpha value is -0.733. The lowest BCUT2D eigenvalue weighted by molar-refractivity contribution is 1.21. The Morgan fingerprint density at radius 3 is 2.50 bits per heavy atom. The summed E-state index contributed by atoms with van der Waals surface area (Å²) in [7, 11) is -1.11. The minimum Gasteiger partial charge on any atom is -0.380 e. The molecule has 1 aromatic carbocycles. The van der Waals surface area contributed by atoms with Crippen molar-refractivity contribution >= 4 is 25.4 Å². The average molecular weight is 254 g/mol. The number of nitrogens with one attached hydrogen (secondary N) is 1. The molecule has 0 saturated heterocycles. The van der Waals surface area contributed by atoms with Crippen LogP contribution in [-0.2, 0) is 0 Å². The largest absolute Gasteiger partial charge is 0.380 e. The van der Waals surface area contributed by atoms with Crippen LogP contribution in [0.15, 0.2) is 35.5 Å². The molecule has 0 aliphatic carbocycles. The predicted molar refractivity (Wildman–Crippen MR) is 77.0 cm³/mol. The van der Waals surface area contributed by atoms with Gasteiger partial charge in [-0.3, -0.25) is 0 Å². The molecule has 1 N–H and O–H groups in total. The van der Waals surface area contributed by atoms with Gasteiger partial charge in [-0.05, 0) is 19.1 Å². The van der Waals surface area contributed by atoms with Crippen LogP contribution in [0, 0.1) is 0 Å². The van der Waals surface area contributed by atoms with Gasteiger partial charge in [0.1, 0.15) is 0 Å². The topological polar surface area (TPSA) is 12.0 Å². The van der Waals surface area contributed by atoms with Crippen molar-refractivity contribution in [1.29, 1.82) is 0 Å². The van der Waals surface area contributed by atoms with Crippen molar-refractivity contribution in [2.24, 2.45) is 0 Å². The maximum atomic E-state index is 6.07. The first kappa shape index (κ1) is 13.3. The highest BCUT2D eigenvalue weighted by molar-refractivity contribution is 6.81. The summed E-state index contributed by atoms with van der Waals surface area (Å²) in [5.41, 5.74) is 4.81. The zero-order valence-electron chi connectivity index (χ0n) is 10.5. The van der Waals surface area contributed by atoms with Crippen molar-refractivity contribution in [1.82, 2.24) is 0 Å². The molecule has 0 aromatic heterocycles. The quantitative estimate of drug-likeness (QED) is 0.775.